The maximum absolute atomic E-state index is 11.0. The molecule has 0 spiro atoms. The van der Waals surface area contributed by atoms with Gasteiger partial charge in [-0.25, -0.2) is 4.79 Å². The fraction of sp³-hybridized carbons (Fsp3) is 0.444. The van der Waals surface area contributed by atoms with E-state index in [1.807, 2.05) is 5.43 Å². The third-order valence-electron chi connectivity index (χ3n) is 1.49. The Kier molecular flexibility index (Phi) is 6.53. The molecule has 0 unspecified atom stereocenters. The van der Waals surface area contributed by atoms with Crippen LogP contribution in [0, 0.1) is 0 Å². The molecule has 0 fully saturated rings. The van der Waals surface area contributed by atoms with E-state index in [-0.39, 0.29) is 12.8 Å². The van der Waals surface area contributed by atoms with Crippen molar-refractivity contribution in [2.24, 2.45) is 0 Å². The van der Waals surface area contributed by atoms with Crippen molar-refractivity contribution in [3.05, 3.63) is 12.2 Å². The fourth-order valence-corrected chi connectivity index (χ4v) is 0.722. The molecule has 0 saturated heterocycles. The van der Waals surface area contributed by atoms with E-state index >= 15 is 0 Å². The van der Waals surface area contributed by atoms with Crippen molar-refractivity contribution in [2.75, 3.05) is 0 Å². The molecule has 0 saturated carbocycles. The van der Waals surface area contributed by atoms with Gasteiger partial charge in [0.25, 0.3) is 5.91 Å². The molecule has 16 heavy (non-hydrogen) atoms. The Balaban J connectivity index is 3.75. The molecule has 90 valence electrons. The Morgan fingerprint density at radius 3 is 2.38 bits per heavy atom. The highest BCUT2D eigenvalue weighted by atomic mass is 16.4. The van der Waals surface area contributed by atoms with E-state index in [1.165, 1.54) is 0 Å². The second-order valence-electron chi connectivity index (χ2n) is 3.10. The Bertz CT molecular complexity index is 298. The summed E-state index contributed by atoms with van der Waals surface area (Å²) in [5, 5.41) is 17.1. The number of hydrazine groups is 1. The lowest BCUT2D eigenvalue weighted by atomic mass is 10.2. The Morgan fingerprint density at radius 1 is 1.25 bits per heavy atom. The van der Waals surface area contributed by atoms with Gasteiger partial charge in [-0.15, -0.1) is 0 Å². The zero-order chi connectivity index (χ0) is 12.6. The molecule has 0 rings (SSSR count). The molecule has 7 heteroatoms. The topological polar surface area (TPSA) is 116 Å². The number of carbonyl (C=O) groups excluding carboxylic acids is 2. The quantitative estimate of drug-likeness (QED) is 0.355. The summed E-state index contributed by atoms with van der Waals surface area (Å²) in [5.41, 5.74) is 4.06. The first-order valence-corrected chi connectivity index (χ1v) is 4.59. The normalized spacial score (nSPS) is 12.1. The van der Waals surface area contributed by atoms with Crippen LogP contribution in [0.2, 0.25) is 0 Å². The SMILES string of the molecule is C[C@H](O)CCC(=O)NNC(=O)/C=C/C(=O)O. The van der Waals surface area contributed by atoms with Crippen LogP contribution < -0.4 is 10.9 Å². The zero-order valence-electron chi connectivity index (χ0n) is 8.77. The van der Waals surface area contributed by atoms with Gasteiger partial charge in [0.2, 0.25) is 5.91 Å². The molecule has 0 aliphatic rings. The third-order valence-corrected chi connectivity index (χ3v) is 1.49. The van der Waals surface area contributed by atoms with Crippen molar-refractivity contribution in [3.63, 3.8) is 0 Å². The minimum atomic E-state index is -1.25. The number of carboxylic acids is 1. The molecule has 0 heterocycles. The molecule has 7 nitrogen and oxygen atoms in total. The predicted molar refractivity (Wildman–Crippen MR) is 54.0 cm³/mol. The number of amides is 2. The van der Waals surface area contributed by atoms with Gasteiger partial charge in [-0.05, 0) is 13.3 Å². The molecule has 0 aliphatic carbocycles. The molecule has 0 bridgehead atoms. The van der Waals surface area contributed by atoms with E-state index in [0.29, 0.717) is 6.08 Å². The van der Waals surface area contributed by atoms with Crippen molar-refractivity contribution in [1.82, 2.24) is 10.9 Å². The van der Waals surface area contributed by atoms with Crippen molar-refractivity contribution in [1.29, 1.82) is 0 Å². The van der Waals surface area contributed by atoms with Gasteiger partial charge in [0.15, 0.2) is 0 Å². The van der Waals surface area contributed by atoms with Crippen molar-refractivity contribution < 1.29 is 24.6 Å². The van der Waals surface area contributed by atoms with Crippen molar-refractivity contribution >= 4 is 17.8 Å². The van der Waals surface area contributed by atoms with Crippen LogP contribution in [0.1, 0.15) is 19.8 Å². The first kappa shape index (κ1) is 14.1. The predicted octanol–water partition coefficient (Wildman–Crippen LogP) is -1.06. The summed E-state index contributed by atoms with van der Waals surface area (Å²) in [5.74, 6) is -2.46. The molecule has 4 N–H and O–H groups in total. The molecular weight excluding hydrogens is 216 g/mol. The van der Waals surface area contributed by atoms with E-state index in [0.717, 1.165) is 6.08 Å². The van der Waals surface area contributed by atoms with E-state index in [2.05, 4.69) is 5.43 Å². The lowest BCUT2D eigenvalue weighted by Crippen LogP contribution is -2.40. The summed E-state index contributed by atoms with van der Waals surface area (Å²) in [6.45, 7) is 1.54. The molecule has 0 radical (unpaired) electrons. The van der Waals surface area contributed by atoms with Gasteiger partial charge in [-0.1, -0.05) is 0 Å². The lowest BCUT2D eigenvalue weighted by molar-refractivity contribution is -0.131. The number of nitrogens with one attached hydrogen (secondary N) is 2. The van der Waals surface area contributed by atoms with E-state index in [1.54, 1.807) is 6.92 Å². The molecular formula is C9H14N2O5. The molecule has 0 aliphatic heterocycles. The van der Waals surface area contributed by atoms with Crippen LogP contribution in [0.4, 0.5) is 0 Å². The van der Waals surface area contributed by atoms with E-state index in [4.69, 9.17) is 10.2 Å². The largest absolute Gasteiger partial charge is 0.478 e. The number of aliphatic carboxylic acids is 1. The van der Waals surface area contributed by atoms with Crippen LogP contribution >= 0.6 is 0 Å². The summed E-state index contributed by atoms with van der Waals surface area (Å²) >= 11 is 0. The molecule has 0 aromatic carbocycles. The zero-order valence-corrected chi connectivity index (χ0v) is 8.77. The first-order chi connectivity index (χ1) is 7.41. The second-order valence-corrected chi connectivity index (χ2v) is 3.10. The van der Waals surface area contributed by atoms with Crippen molar-refractivity contribution in [2.45, 2.75) is 25.9 Å². The third kappa shape index (κ3) is 8.70. The smallest absolute Gasteiger partial charge is 0.328 e. The van der Waals surface area contributed by atoms with E-state index in [9.17, 15) is 14.4 Å². The minimum absolute atomic E-state index is 0.0700. The number of aliphatic hydroxyl groups excluding tert-OH is 1. The molecule has 1 atom stereocenters. The lowest BCUT2D eigenvalue weighted by Gasteiger charge is -2.06. The number of carboxylic acid groups (broad SMARTS) is 1. The van der Waals surface area contributed by atoms with Crippen LogP contribution in [0.5, 0.6) is 0 Å². The number of carbonyl (C=O) groups is 3. The number of aliphatic hydroxyl groups is 1. The summed E-state index contributed by atoms with van der Waals surface area (Å²) in [4.78, 5) is 31.9. The highest BCUT2D eigenvalue weighted by Crippen LogP contribution is 1.94. The summed E-state index contributed by atoms with van der Waals surface area (Å²) in [7, 11) is 0. The first-order valence-electron chi connectivity index (χ1n) is 4.59. The van der Waals surface area contributed by atoms with Gasteiger partial charge in [0.1, 0.15) is 0 Å². The standard InChI is InChI=1S/C9H14N2O5/c1-6(12)2-3-7(13)10-11-8(14)4-5-9(15)16/h4-6,12H,2-3H2,1H3,(H,10,13)(H,11,14)(H,15,16)/b5-4+/t6-/m0/s1. The number of rotatable bonds is 5. The Labute approximate surface area is 92.1 Å². The molecule has 0 aromatic rings. The van der Waals surface area contributed by atoms with Crippen LogP contribution in [0.15, 0.2) is 12.2 Å². The molecule has 0 aromatic heterocycles. The van der Waals surface area contributed by atoms with E-state index < -0.39 is 23.9 Å². The average Bonchev–Trinajstić information content (AvgIpc) is 2.20. The van der Waals surface area contributed by atoms with Gasteiger partial charge in [0.05, 0.1) is 6.10 Å². The number of hydrogen-bond acceptors (Lipinski definition) is 4. The Morgan fingerprint density at radius 2 is 1.88 bits per heavy atom. The Hall–Kier alpha value is -1.89. The highest BCUT2D eigenvalue weighted by Gasteiger charge is 2.04. The van der Waals surface area contributed by atoms with Gasteiger partial charge in [-0.2, -0.15) is 0 Å². The minimum Gasteiger partial charge on any atom is -0.478 e. The summed E-state index contributed by atoms with van der Waals surface area (Å²) in [6, 6.07) is 0. The molecule has 2 amide bonds. The van der Waals surface area contributed by atoms with Crippen molar-refractivity contribution in [3.8, 4) is 0 Å². The van der Waals surface area contributed by atoms with Crippen LogP contribution in [-0.2, 0) is 14.4 Å². The van der Waals surface area contributed by atoms with Crippen LogP contribution in [0.3, 0.4) is 0 Å². The highest BCUT2D eigenvalue weighted by molar-refractivity contribution is 5.94. The van der Waals surface area contributed by atoms with Gasteiger partial charge < -0.3 is 10.2 Å². The van der Waals surface area contributed by atoms with Gasteiger partial charge in [-0.3, -0.25) is 20.4 Å². The maximum Gasteiger partial charge on any atom is 0.328 e. The summed E-state index contributed by atoms with van der Waals surface area (Å²) in [6.07, 6.45) is 1.19. The fourth-order valence-electron chi connectivity index (χ4n) is 0.722. The van der Waals surface area contributed by atoms with Gasteiger partial charge in [0, 0.05) is 18.6 Å². The number of hydrogen-bond donors (Lipinski definition) is 4. The second kappa shape index (κ2) is 7.41. The monoisotopic (exact) mass is 230 g/mol. The maximum atomic E-state index is 11.0. The summed E-state index contributed by atoms with van der Waals surface area (Å²) < 4.78 is 0. The van der Waals surface area contributed by atoms with Crippen LogP contribution in [0.25, 0.3) is 0 Å². The van der Waals surface area contributed by atoms with Crippen LogP contribution in [-0.4, -0.2) is 34.1 Å². The average molecular weight is 230 g/mol. The van der Waals surface area contributed by atoms with Gasteiger partial charge >= 0.3 is 5.97 Å².